The predicted molar refractivity (Wildman–Crippen MR) is 72.9 cm³/mol. The van der Waals surface area contributed by atoms with Crippen molar-refractivity contribution < 1.29 is 14.7 Å². The fourth-order valence-electron chi connectivity index (χ4n) is 2.58. The van der Waals surface area contributed by atoms with Crippen LogP contribution >= 0.6 is 11.8 Å². The monoisotopic (exact) mass is 284 g/mol. The van der Waals surface area contributed by atoms with E-state index in [4.69, 9.17) is 0 Å². The van der Waals surface area contributed by atoms with E-state index in [-0.39, 0.29) is 11.3 Å². The summed E-state index contributed by atoms with van der Waals surface area (Å²) < 4.78 is 0. The molecule has 0 radical (unpaired) electrons. The van der Waals surface area contributed by atoms with Gasteiger partial charge in [0.05, 0.1) is 5.37 Å². The van der Waals surface area contributed by atoms with Gasteiger partial charge in [-0.25, -0.2) is 4.79 Å². The van der Waals surface area contributed by atoms with Crippen LogP contribution in [-0.4, -0.2) is 51.6 Å². The fraction of sp³-hybridized carbons (Fsp3) is 0.846. The van der Waals surface area contributed by atoms with Gasteiger partial charge in [-0.05, 0) is 31.6 Å². The molecule has 3 aliphatic rings. The minimum absolute atomic E-state index is 0.00227. The van der Waals surface area contributed by atoms with Gasteiger partial charge in [0.25, 0.3) is 0 Å². The van der Waals surface area contributed by atoms with Crippen LogP contribution in [0.2, 0.25) is 0 Å². The highest BCUT2D eigenvalue weighted by Gasteiger charge is 2.47. The highest BCUT2D eigenvalue weighted by Crippen LogP contribution is 2.45. The number of hydrogen-bond acceptors (Lipinski definition) is 4. The quantitative estimate of drug-likeness (QED) is 0.758. The highest BCUT2D eigenvalue weighted by molar-refractivity contribution is 8.00. The van der Waals surface area contributed by atoms with Crippen molar-refractivity contribution in [3.05, 3.63) is 0 Å². The molecule has 0 bridgehead atoms. The fourth-order valence-corrected chi connectivity index (χ4v) is 4.23. The van der Waals surface area contributed by atoms with Crippen LogP contribution in [0, 0.1) is 5.92 Å². The normalized spacial score (nSPS) is 30.6. The maximum Gasteiger partial charge on any atom is 0.327 e. The number of thioether (sulfide) groups is 1. The molecule has 3 rings (SSSR count). The van der Waals surface area contributed by atoms with Crippen LogP contribution in [0.3, 0.4) is 0 Å². The highest BCUT2D eigenvalue weighted by atomic mass is 32.2. The van der Waals surface area contributed by atoms with E-state index >= 15 is 0 Å². The third-order valence-electron chi connectivity index (χ3n) is 3.98. The Morgan fingerprint density at radius 2 is 2.00 bits per heavy atom. The largest absolute Gasteiger partial charge is 0.480 e. The van der Waals surface area contributed by atoms with Crippen molar-refractivity contribution in [2.45, 2.75) is 49.6 Å². The van der Waals surface area contributed by atoms with Crippen molar-refractivity contribution in [3.63, 3.8) is 0 Å². The summed E-state index contributed by atoms with van der Waals surface area (Å²) in [6.07, 6.45) is 5.10. The predicted octanol–water partition coefficient (Wildman–Crippen LogP) is 0.893. The Kier molecular flexibility index (Phi) is 3.71. The standard InChI is InChI=1S/C13H20N2O3S/c16-11(5-6-14-9-3-4-9)15-10(13(17)18)7-19-12(15)8-1-2-8/h8-10,12,14H,1-7H2,(H,17,18). The maximum atomic E-state index is 12.3. The summed E-state index contributed by atoms with van der Waals surface area (Å²) in [4.78, 5) is 25.2. The first-order valence-corrected chi connectivity index (χ1v) is 8.10. The second-order valence-electron chi connectivity index (χ2n) is 5.69. The van der Waals surface area contributed by atoms with Crippen LogP contribution in [0.5, 0.6) is 0 Å². The zero-order chi connectivity index (χ0) is 13.4. The Morgan fingerprint density at radius 1 is 1.26 bits per heavy atom. The Labute approximate surface area is 117 Å². The van der Waals surface area contributed by atoms with Crippen LogP contribution in [0.1, 0.15) is 32.1 Å². The topological polar surface area (TPSA) is 69.6 Å². The third-order valence-corrected chi connectivity index (χ3v) is 5.44. The van der Waals surface area contributed by atoms with Crippen molar-refractivity contribution in [1.82, 2.24) is 10.2 Å². The molecule has 19 heavy (non-hydrogen) atoms. The second kappa shape index (κ2) is 5.32. The molecule has 1 heterocycles. The van der Waals surface area contributed by atoms with Crippen LogP contribution in [0.4, 0.5) is 0 Å². The van der Waals surface area contributed by atoms with Gasteiger partial charge in [0.1, 0.15) is 6.04 Å². The van der Waals surface area contributed by atoms with Crippen molar-refractivity contribution in [2.75, 3.05) is 12.3 Å². The number of nitrogens with one attached hydrogen (secondary N) is 1. The Morgan fingerprint density at radius 3 is 2.58 bits per heavy atom. The molecule has 2 unspecified atom stereocenters. The first kappa shape index (κ1) is 13.2. The molecule has 6 heteroatoms. The molecular weight excluding hydrogens is 264 g/mol. The van der Waals surface area contributed by atoms with Crippen molar-refractivity contribution >= 4 is 23.6 Å². The smallest absolute Gasteiger partial charge is 0.327 e. The molecule has 2 aliphatic carbocycles. The van der Waals surface area contributed by atoms with Crippen molar-refractivity contribution in [3.8, 4) is 0 Å². The molecule has 106 valence electrons. The number of hydrogen-bond donors (Lipinski definition) is 2. The number of carboxylic acid groups (broad SMARTS) is 1. The minimum Gasteiger partial charge on any atom is -0.480 e. The Hall–Kier alpha value is -0.750. The summed E-state index contributed by atoms with van der Waals surface area (Å²) in [5.74, 6) is 0.203. The van der Waals surface area contributed by atoms with Crippen LogP contribution < -0.4 is 5.32 Å². The lowest BCUT2D eigenvalue weighted by atomic mass is 10.2. The molecule has 0 spiro atoms. The van der Waals surface area contributed by atoms with Gasteiger partial charge >= 0.3 is 5.97 Å². The molecule has 1 amide bonds. The van der Waals surface area contributed by atoms with Crippen molar-refractivity contribution in [1.29, 1.82) is 0 Å². The number of rotatable bonds is 6. The van der Waals surface area contributed by atoms with Gasteiger partial charge in [0.15, 0.2) is 0 Å². The first-order valence-electron chi connectivity index (χ1n) is 7.06. The van der Waals surface area contributed by atoms with E-state index in [0.29, 0.717) is 30.7 Å². The zero-order valence-corrected chi connectivity index (χ0v) is 11.7. The van der Waals surface area contributed by atoms with Crippen molar-refractivity contribution in [2.24, 2.45) is 5.92 Å². The molecule has 0 aromatic rings. The summed E-state index contributed by atoms with van der Waals surface area (Å²) in [6.45, 7) is 0.675. The average molecular weight is 284 g/mol. The molecule has 0 aromatic carbocycles. The average Bonchev–Trinajstić information content (AvgIpc) is 3.28. The summed E-state index contributed by atoms with van der Waals surface area (Å²) in [7, 11) is 0. The SMILES string of the molecule is O=C(O)C1CSC(C2CC2)N1C(=O)CCNC1CC1. The summed E-state index contributed by atoms with van der Waals surface area (Å²) in [6, 6.07) is -0.0284. The van der Waals surface area contributed by atoms with E-state index in [2.05, 4.69) is 5.32 Å². The molecule has 2 atom stereocenters. The second-order valence-corrected chi connectivity index (χ2v) is 6.84. The van der Waals surface area contributed by atoms with Gasteiger partial charge < -0.3 is 15.3 Å². The van der Waals surface area contributed by atoms with Gasteiger partial charge in [-0.15, -0.1) is 11.8 Å². The lowest BCUT2D eigenvalue weighted by Crippen LogP contribution is -2.47. The number of nitrogens with zero attached hydrogens (tertiary/aromatic N) is 1. The Balaban J connectivity index is 1.58. The molecule has 5 nitrogen and oxygen atoms in total. The van der Waals surface area contributed by atoms with Crippen LogP contribution in [0.15, 0.2) is 0 Å². The van der Waals surface area contributed by atoms with Gasteiger partial charge in [-0.3, -0.25) is 4.79 Å². The number of aliphatic carboxylic acids is 1. The zero-order valence-electron chi connectivity index (χ0n) is 10.9. The van der Waals surface area contributed by atoms with Gasteiger partial charge in [-0.2, -0.15) is 0 Å². The van der Waals surface area contributed by atoms with E-state index < -0.39 is 12.0 Å². The van der Waals surface area contributed by atoms with E-state index in [9.17, 15) is 14.7 Å². The molecule has 1 saturated heterocycles. The van der Waals surface area contributed by atoms with E-state index in [0.717, 1.165) is 12.8 Å². The maximum absolute atomic E-state index is 12.3. The third kappa shape index (κ3) is 3.05. The molecule has 2 N–H and O–H groups in total. The van der Waals surface area contributed by atoms with E-state index in [1.54, 1.807) is 16.7 Å². The van der Waals surface area contributed by atoms with Crippen LogP contribution in [0.25, 0.3) is 0 Å². The van der Waals surface area contributed by atoms with Crippen LogP contribution in [-0.2, 0) is 9.59 Å². The first-order chi connectivity index (χ1) is 9.16. The van der Waals surface area contributed by atoms with Gasteiger partial charge in [0, 0.05) is 24.8 Å². The minimum atomic E-state index is -0.862. The Bertz CT molecular complexity index is 382. The molecule has 0 aromatic heterocycles. The molecule has 2 saturated carbocycles. The summed E-state index contributed by atoms with van der Waals surface area (Å²) in [5.41, 5.74) is 0. The summed E-state index contributed by atoms with van der Waals surface area (Å²) in [5, 5.41) is 12.7. The number of carbonyl (C=O) groups is 2. The number of amides is 1. The number of carbonyl (C=O) groups excluding carboxylic acids is 1. The molecule has 1 aliphatic heterocycles. The van der Waals surface area contributed by atoms with Gasteiger partial charge in [-0.1, -0.05) is 0 Å². The number of carboxylic acids is 1. The lowest BCUT2D eigenvalue weighted by Gasteiger charge is -2.27. The van der Waals surface area contributed by atoms with Gasteiger partial charge in [0.2, 0.25) is 5.91 Å². The lowest BCUT2D eigenvalue weighted by molar-refractivity contribution is -0.149. The summed E-state index contributed by atoms with van der Waals surface area (Å²) >= 11 is 1.64. The molecule has 3 fully saturated rings. The van der Waals surface area contributed by atoms with E-state index in [1.165, 1.54) is 12.8 Å². The molecular formula is C13H20N2O3S. The van der Waals surface area contributed by atoms with E-state index in [1.807, 2.05) is 0 Å².